The Kier molecular flexibility index (Phi) is 13.4. The van der Waals surface area contributed by atoms with Gasteiger partial charge in [0.15, 0.2) is 0 Å². The molecular weight excluding hydrogens is 753 g/mol. The SMILES string of the molecule is CCCCCCSC1=C(SCCCCCC)SC(=Cc2ccc(C=C3c4cc([N+](=O)[O-])cc([N+](=O)[O-])c4-c4c3cc([N+](=O)[O-])cc4[N+](=O)[O-])s2)S1. The van der Waals surface area contributed by atoms with Crippen LogP contribution in [-0.4, -0.2) is 31.2 Å². The third kappa shape index (κ3) is 9.24. The zero-order chi connectivity index (χ0) is 36.7. The van der Waals surface area contributed by atoms with Gasteiger partial charge >= 0.3 is 0 Å². The summed E-state index contributed by atoms with van der Waals surface area (Å²) in [6.07, 6.45) is 13.4. The number of fused-ring (bicyclic) bond motifs is 3. The average molecular weight is 787 g/mol. The molecule has 1 aromatic heterocycles. The molecular formula is C34H34N4O8S5. The van der Waals surface area contributed by atoms with Gasteiger partial charge in [0, 0.05) is 33.0 Å². The van der Waals surface area contributed by atoms with Crippen molar-refractivity contribution in [2.45, 2.75) is 65.2 Å². The van der Waals surface area contributed by atoms with Crippen LogP contribution in [0, 0.1) is 40.5 Å². The first-order valence-corrected chi connectivity index (χ1v) is 20.8. The van der Waals surface area contributed by atoms with E-state index in [9.17, 15) is 40.5 Å². The molecule has 1 aliphatic heterocycles. The molecule has 5 rings (SSSR count). The lowest BCUT2D eigenvalue weighted by molar-refractivity contribution is -0.395. The van der Waals surface area contributed by atoms with Gasteiger partial charge in [-0.15, -0.1) is 34.9 Å². The van der Waals surface area contributed by atoms with E-state index in [4.69, 9.17) is 0 Å². The highest BCUT2D eigenvalue weighted by atomic mass is 32.3. The molecule has 1 aliphatic carbocycles. The average Bonchev–Trinajstić information content (AvgIpc) is 3.79. The first-order chi connectivity index (χ1) is 24.5. The third-order valence-electron chi connectivity index (χ3n) is 8.06. The van der Waals surface area contributed by atoms with Gasteiger partial charge in [-0.3, -0.25) is 40.5 Å². The molecule has 268 valence electrons. The van der Waals surface area contributed by atoms with Crippen molar-refractivity contribution in [3.05, 3.63) is 110 Å². The first kappa shape index (κ1) is 38.6. The van der Waals surface area contributed by atoms with E-state index in [0.29, 0.717) is 4.88 Å². The third-order valence-corrected chi connectivity index (χ3v) is 14.6. The smallest absolute Gasteiger partial charge is 0.258 e. The second-order valence-electron chi connectivity index (χ2n) is 11.7. The van der Waals surface area contributed by atoms with Crippen molar-refractivity contribution in [3.8, 4) is 11.1 Å². The van der Waals surface area contributed by atoms with Crippen molar-refractivity contribution < 1.29 is 19.7 Å². The standard InChI is InChI=1S/C34H34N4O8S5/c1-3-5-7-9-13-47-33-34(48-14-10-8-6-4-2)51-30(50-33)20-24-12-11-23(49-24)19-25-26-15-21(35(39)40)17-28(37(43)44)31(26)32-27(25)16-22(36(41)42)18-29(32)38(45)46/h11-12,15-20H,3-10,13-14H2,1-2H3. The van der Waals surface area contributed by atoms with Gasteiger partial charge in [0.25, 0.3) is 22.7 Å². The molecule has 0 fully saturated rings. The van der Waals surface area contributed by atoms with Gasteiger partial charge in [0.05, 0.1) is 55.7 Å². The minimum atomic E-state index is -0.834. The molecule has 2 aromatic carbocycles. The fourth-order valence-electron chi connectivity index (χ4n) is 5.67. The predicted molar refractivity (Wildman–Crippen MR) is 213 cm³/mol. The van der Waals surface area contributed by atoms with Crippen molar-refractivity contribution in [3.63, 3.8) is 0 Å². The van der Waals surface area contributed by atoms with Crippen molar-refractivity contribution in [1.82, 2.24) is 0 Å². The number of hydrogen-bond acceptors (Lipinski definition) is 13. The zero-order valence-corrected chi connectivity index (χ0v) is 31.9. The molecule has 51 heavy (non-hydrogen) atoms. The Morgan fingerprint density at radius 1 is 0.608 bits per heavy atom. The van der Waals surface area contributed by atoms with Crippen LogP contribution in [0.3, 0.4) is 0 Å². The van der Waals surface area contributed by atoms with Crippen LogP contribution in [0.25, 0.3) is 28.9 Å². The van der Waals surface area contributed by atoms with E-state index < -0.39 is 42.4 Å². The zero-order valence-electron chi connectivity index (χ0n) is 27.8. The van der Waals surface area contributed by atoms with Crippen molar-refractivity contribution in [1.29, 1.82) is 0 Å². The molecule has 0 bridgehead atoms. The molecule has 2 aliphatic rings. The second kappa shape index (κ2) is 17.7. The minimum absolute atomic E-state index is 0.0233. The van der Waals surface area contributed by atoms with Crippen LogP contribution in [0.15, 0.2) is 49.1 Å². The number of nitro groups is 4. The number of non-ortho nitro benzene ring substituents is 2. The predicted octanol–water partition coefficient (Wildman–Crippen LogP) is 12.5. The number of thiophene rings is 1. The number of nitrogens with zero attached hydrogens (tertiary/aromatic N) is 4. The fourth-order valence-corrected chi connectivity index (χ4v) is 12.6. The lowest BCUT2D eigenvalue weighted by Crippen LogP contribution is -1.99. The molecule has 3 aromatic rings. The Morgan fingerprint density at radius 2 is 1.06 bits per heavy atom. The van der Waals surface area contributed by atoms with Crippen LogP contribution in [0.5, 0.6) is 0 Å². The normalized spacial score (nSPS) is 13.4. The summed E-state index contributed by atoms with van der Waals surface area (Å²) in [5, 5.41) is 47.9. The van der Waals surface area contributed by atoms with E-state index in [-0.39, 0.29) is 27.8 Å². The topological polar surface area (TPSA) is 173 Å². The first-order valence-electron chi connectivity index (χ1n) is 16.4. The Labute approximate surface area is 315 Å². The molecule has 0 radical (unpaired) electrons. The highest BCUT2D eigenvalue weighted by molar-refractivity contribution is 8.40. The monoisotopic (exact) mass is 786 g/mol. The molecule has 0 saturated heterocycles. The van der Waals surface area contributed by atoms with Gasteiger partial charge < -0.3 is 0 Å². The van der Waals surface area contributed by atoms with E-state index in [0.717, 1.165) is 44.9 Å². The van der Waals surface area contributed by atoms with E-state index in [2.05, 4.69) is 19.9 Å². The van der Waals surface area contributed by atoms with Gasteiger partial charge in [-0.1, -0.05) is 75.9 Å². The maximum atomic E-state index is 12.2. The highest BCUT2D eigenvalue weighted by Gasteiger charge is 2.40. The summed E-state index contributed by atoms with van der Waals surface area (Å²) in [5.41, 5.74) is -2.67. The van der Waals surface area contributed by atoms with E-state index in [1.807, 2.05) is 35.7 Å². The van der Waals surface area contributed by atoms with Crippen LogP contribution in [-0.2, 0) is 0 Å². The lowest BCUT2D eigenvalue weighted by atomic mass is 10.0. The number of nitro benzene ring substituents is 4. The molecule has 0 N–H and O–H groups in total. The quantitative estimate of drug-likeness (QED) is 0.0531. The molecule has 2 heterocycles. The van der Waals surface area contributed by atoms with Gasteiger partial charge in [0.2, 0.25) is 0 Å². The number of rotatable bonds is 18. The molecule has 0 saturated carbocycles. The number of hydrogen-bond donors (Lipinski definition) is 0. The van der Waals surface area contributed by atoms with Gasteiger partial charge in [-0.05, 0) is 54.2 Å². The minimum Gasteiger partial charge on any atom is -0.258 e. The Morgan fingerprint density at radius 3 is 1.47 bits per heavy atom. The Balaban J connectivity index is 1.50. The Bertz CT molecular complexity index is 1860. The van der Waals surface area contributed by atoms with Crippen LogP contribution < -0.4 is 0 Å². The fraction of sp³-hybridized carbons (Fsp3) is 0.353. The number of thioether (sulfide) groups is 4. The van der Waals surface area contributed by atoms with Gasteiger partial charge in [-0.25, -0.2) is 0 Å². The highest BCUT2D eigenvalue weighted by Crippen LogP contribution is 2.58. The molecule has 0 amide bonds. The number of benzene rings is 2. The van der Waals surface area contributed by atoms with Gasteiger partial charge in [-0.2, -0.15) is 0 Å². The maximum absolute atomic E-state index is 12.2. The van der Waals surface area contributed by atoms with Crippen LogP contribution in [0.1, 0.15) is 86.1 Å². The van der Waals surface area contributed by atoms with Crippen LogP contribution in [0.2, 0.25) is 0 Å². The summed E-state index contributed by atoms with van der Waals surface area (Å²) in [6.45, 7) is 4.41. The molecule has 12 nitrogen and oxygen atoms in total. The molecule has 0 spiro atoms. The molecule has 0 atom stereocenters. The van der Waals surface area contributed by atoms with Crippen molar-refractivity contribution in [2.75, 3.05) is 11.5 Å². The largest absolute Gasteiger partial charge is 0.284 e. The van der Waals surface area contributed by atoms with Gasteiger partial charge in [0.1, 0.15) is 0 Å². The van der Waals surface area contributed by atoms with Crippen LogP contribution >= 0.6 is 58.4 Å². The Hall–Kier alpha value is -3.64. The maximum Gasteiger partial charge on any atom is 0.284 e. The summed E-state index contributed by atoms with van der Waals surface area (Å²) in [6, 6.07) is 7.51. The van der Waals surface area contributed by atoms with Crippen molar-refractivity contribution >= 4 is 98.9 Å². The molecule has 0 unspecified atom stereocenters. The molecule has 17 heteroatoms. The summed E-state index contributed by atoms with van der Waals surface area (Å²) in [5.74, 6) is 2.14. The van der Waals surface area contributed by atoms with E-state index >= 15 is 0 Å². The van der Waals surface area contributed by atoms with Crippen LogP contribution in [0.4, 0.5) is 22.7 Å². The lowest BCUT2D eigenvalue weighted by Gasteiger charge is -2.05. The summed E-state index contributed by atoms with van der Waals surface area (Å²) in [7, 11) is 0. The summed E-state index contributed by atoms with van der Waals surface area (Å²) < 4.78 is 3.79. The summed E-state index contributed by atoms with van der Waals surface area (Å²) in [4.78, 5) is 46.3. The second-order valence-corrected chi connectivity index (χ2v) is 17.9. The van der Waals surface area contributed by atoms with Crippen molar-refractivity contribution in [2.24, 2.45) is 0 Å². The summed E-state index contributed by atoms with van der Waals surface area (Å²) >= 11 is 8.77. The van der Waals surface area contributed by atoms with E-state index in [1.165, 1.54) is 71.2 Å². The number of unbranched alkanes of at least 4 members (excludes halogenated alkanes) is 6. The van der Waals surface area contributed by atoms with E-state index in [1.54, 1.807) is 29.6 Å².